The first kappa shape index (κ1) is 15.5. The molecule has 1 N–H and O–H groups in total. The summed E-state index contributed by atoms with van der Waals surface area (Å²) in [5.74, 6) is -0.419. The van der Waals surface area contributed by atoms with Gasteiger partial charge >= 0.3 is 0 Å². The van der Waals surface area contributed by atoms with Gasteiger partial charge in [-0.25, -0.2) is 4.98 Å². The maximum Gasteiger partial charge on any atom is 0.259 e. The van der Waals surface area contributed by atoms with Crippen LogP contribution in [0.5, 0.6) is 0 Å². The van der Waals surface area contributed by atoms with Crippen LogP contribution in [0.2, 0.25) is 0 Å². The van der Waals surface area contributed by atoms with Gasteiger partial charge in [0.2, 0.25) is 5.91 Å². The molecule has 0 saturated heterocycles. The fourth-order valence-corrected chi connectivity index (χ4v) is 3.78. The topological polar surface area (TPSA) is 62.3 Å². The minimum Gasteiger partial charge on any atom is -0.348 e. The highest BCUT2D eigenvalue weighted by molar-refractivity contribution is 7.18. The van der Waals surface area contributed by atoms with Crippen LogP contribution in [0.1, 0.15) is 20.9 Å². The number of hydrogen-bond donors (Lipinski definition) is 1. The lowest BCUT2D eigenvalue weighted by Crippen LogP contribution is -2.36. The number of para-hydroxylation sites is 1. The number of carbonyl (C=O) groups excluding carboxylic acids is 2. The Hall–Kier alpha value is -2.99. The molecule has 2 amide bonds. The first-order valence-corrected chi connectivity index (χ1v) is 8.66. The van der Waals surface area contributed by atoms with E-state index < -0.39 is 0 Å². The highest BCUT2D eigenvalue weighted by Gasteiger charge is 2.31. The van der Waals surface area contributed by atoms with Gasteiger partial charge in [-0.1, -0.05) is 36.9 Å². The third-order valence-electron chi connectivity index (χ3n) is 4.12. The predicted octanol–water partition coefficient (Wildman–Crippen LogP) is 3.04. The average molecular weight is 349 g/mol. The molecule has 2 aromatic carbocycles. The quantitative estimate of drug-likeness (QED) is 0.787. The monoisotopic (exact) mass is 349 g/mol. The summed E-state index contributed by atoms with van der Waals surface area (Å²) in [5.41, 5.74) is 2.86. The Labute approximate surface area is 148 Å². The summed E-state index contributed by atoms with van der Waals surface area (Å²) in [5, 5.41) is 3.67. The summed E-state index contributed by atoms with van der Waals surface area (Å²) in [6, 6.07) is 15.1. The van der Waals surface area contributed by atoms with Crippen LogP contribution in [-0.2, 0) is 11.3 Å². The molecular weight excluding hydrogens is 334 g/mol. The molecule has 6 heteroatoms. The summed E-state index contributed by atoms with van der Waals surface area (Å²) in [7, 11) is 0. The first-order chi connectivity index (χ1) is 12.1. The SMILES string of the molecule is C=C1c2ccccc2C(=O)N1CC(=O)NCc1nc2ccccc2s1. The van der Waals surface area contributed by atoms with E-state index in [1.165, 1.54) is 4.90 Å². The molecule has 25 heavy (non-hydrogen) atoms. The summed E-state index contributed by atoms with van der Waals surface area (Å²) >= 11 is 1.55. The van der Waals surface area contributed by atoms with Crippen LogP contribution < -0.4 is 5.32 Å². The van der Waals surface area contributed by atoms with Crippen molar-refractivity contribution in [2.45, 2.75) is 6.54 Å². The van der Waals surface area contributed by atoms with Crippen molar-refractivity contribution >= 4 is 39.1 Å². The second-order valence-electron chi connectivity index (χ2n) is 5.74. The minimum atomic E-state index is -0.235. The van der Waals surface area contributed by atoms with E-state index in [4.69, 9.17) is 0 Å². The molecule has 0 spiro atoms. The molecule has 3 aromatic rings. The first-order valence-electron chi connectivity index (χ1n) is 7.85. The summed E-state index contributed by atoms with van der Waals surface area (Å²) in [4.78, 5) is 30.6. The third kappa shape index (κ3) is 2.81. The number of benzene rings is 2. The molecule has 1 aromatic heterocycles. The summed E-state index contributed by atoms with van der Waals surface area (Å²) < 4.78 is 1.09. The zero-order valence-corrected chi connectivity index (χ0v) is 14.2. The molecule has 124 valence electrons. The van der Waals surface area contributed by atoms with Crippen LogP contribution in [-0.4, -0.2) is 28.2 Å². The predicted molar refractivity (Wildman–Crippen MR) is 98.0 cm³/mol. The van der Waals surface area contributed by atoms with E-state index in [0.717, 1.165) is 20.8 Å². The molecule has 2 heterocycles. The fraction of sp³-hybridized carbons (Fsp3) is 0.105. The van der Waals surface area contributed by atoms with Crippen molar-refractivity contribution in [1.82, 2.24) is 15.2 Å². The summed E-state index contributed by atoms with van der Waals surface area (Å²) in [6.45, 7) is 4.24. The Kier molecular flexibility index (Phi) is 3.82. The Morgan fingerprint density at radius 1 is 1.12 bits per heavy atom. The Balaban J connectivity index is 1.41. The van der Waals surface area contributed by atoms with E-state index in [1.54, 1.807) is 23.5 Å². The molecule has 4 rings (SSSR count). The molecule has 0 fully saturated rings. The molecule has 1 aliphatic heterocycles. The van der Waals surface area contributed by atoms with Gasteiger partial charge in [-0.05, 0) is 18.2 Å². The standard InChI is InChI=1S/C19H15N3O2S/c1-12-13-6-2-3-7-14(13)19(24)22(12)11-17(23)20-10-18-21-15-8-4-5-9-16(15)25-18/h2-9H,1,10-11H2,(H,20,23). The van der Waals surface area contributed by atoms with Crippen molar-refractivity contribution in [3.63, 3.8) is 0 Å². The number of thiazole rings is 1. The molecule has 0 radical (unpaired) electrons. The van der Waals surface area contributed by atoms with Gasteiger partial charge in [0.1, 0.15) is 11.6 Å². The number of fused-ring (bicyclic) bond motifs is 2. The molecule has 0 atom stereocenters. The van der Waals surface area contributed by atoms with E-state index in [1.807, 2.05) is 36.4 Å². The number of hydrogen-bond acceptors (Lipinski definition) is 4. The van der Waals surface area contributed by atoms with Crippen molar-refractivity contribution in [2.75, 3.05) is 6.54 Å². The van der Waals surface area contributed by atoms with Crippen molar-refractivity contribution < 1.29 is 9.59 Å². The van der Waals surface area contributed by atoms with E-state index in [9.17, 15) is 9.59 Å². The van der Waals surface area contributed by atoms with Gasteiger partial charge in [0.05, 0.1) is 16.8 Å². The van der Waals surface area contributed by atoms with Gasteiger partial charge in [-0.3, -0.25) is 14.5 Å². The number of amides is 2. The number of nitrogens with one attached hydrogen (secondary N) is 1. The molecule has 5 nitrogen and oxygen atoms in total. The van der Waals surface area contributed by atoms with Crippen molar-refractivity contribution in [3.05, 3.63) is 71.2 Å². The van der Waals surface area contributed by atoms with Gasteiger partial charge in [-0.15, -0.1) is 11.3 Å². The van der Waals surface area contributed by atoms with Crippen molar-refractivity contribution in [3.8, 4) is 0 Å². The van der Waals surface area contributed by atoms with Crippen LogP contribution in [0, 0.1) is 0 Å². The van der Waals surface area contributed by atoms with Crippen LogP contribution in [0.25, 0.3) is 15.9 Å². The Morgan fingerprint density at radius 3 is 2.60 bits per heavy atom. The largest absolute Gasteiger partial charge is 0.348 e. The van der Waals surface area contributed by atoms with E-state index in [0.29, 0.717) is 17.8 Å². The summed E-state index contributed by atoms with van der Waals surface area (Å²) in [6.07, 6.45) is 0. The van der Waals surface area contributed by atoms with E-state index >= 15 is 0 Å². The lowest BCUT2D eigenvalue weighted by Gasteiger charge is -2.16. The van der Waals surface area contributed by atoms with Crippen LogP contribution in [0.15, 0.2) is 55.1 Å². The molecule has 0 saturated carbocycles. The van der Waals surface area contributed by atoms with Crippen LogP contribution in [0.4, 0.5) is 0 Å². The second-order valence-corrected chi connectivity index (χ2v) is 6.85. The smallest absolute Gasteiger partial charge is 0.259 e. The van der Waals surface area contributed by atoms with Gasteiger partial charge in [0.15, 0.2) is 0 Å². The Bertz CT molecular complexity index is 941. The third-order valence-corrected chi connectivity index (χ3v) is 5.15. The van der Waals surface area contributed by atoms with Crippen LogP contribution >= 0.6 is 11.3 Å². The molecule has 0 unspecified atom stereocenters. The fourth-order valence-electron chi connectivity index (χ4n) is 2.87. The second kappa shape index (κ2) is 6.14. The number of aromatic nitrogens is 1. The van der Waals surface area contributed by atoms with Gasteiger partial charge in [0.25, 0.3) is 5.91 Å². The van der Waals surface area contributed by atoms with E-state index in [2.05, 4.69) is 16.9 Å². The number of rotatable bonds is 4. The van der Waals surface area contributed by atoms with Gasteiger partial charge in [0, 0.05) is 16.8 Å². The average Bonchev–Trinajstić information content (AvgIpc) is 3.15. The zero-order valence-electron chi connectivity index (χ0n) is 13.4. The maximum absolute atomic E-state index is 12.4. The number of carbonyl (C=O) groups is 2. The minimum absolute atomic E-state index is 0.0444. The highest BCUT2D eigenvalue weighted by atomic mass is 32.1. The van der Waals surface area contributed by atoms with Crippen LogP contribution in [0.3, 0.4) is 0 Å². The van der Waals surface area contributed by atoms with Gasteiger partial charge < -0.3 is 5.32 Å². The van der Waals surface area contributed by atoms with Gasteiger partial charge in [-0.2, -0.15) is 0 Å². The lowest BCUT2D eigenvalue weighted by atomic mass is 10.1. The highest BCUT2D eigenvalue weighted by Crippen LogP contribution is 2.30. The molecule has 0 aliphatic carbocycles. The van der Waals surface area contributed by atoms with Crippen molar-refractivity contribution in [2.24, 2.45) is 0 Å². The maximum atomic E-state index is 12.4. The molecular formula is C19H15N3O2S. The zero-order chi connectivity index (χ0) is 17.4. The Morgan fingerprint density at radius 2 is 1.84 bits per heavy atom. The molecule has 0 bridgehead atoms. The number of nitrogens with zero attached hydrogens (tertiary/aromatic N) is 2. The molecule has 1 aliphatic rings. The van der Waals surface area contributed by atoms with Crippen molar-refractivity contribution in [1.29, 1.82) is 0 Å². The normalized spacial score (nSPS) is 13.4. The van der Waals surface area contributed by atoms with E-state index in [-0.39, 0.29) is 18.4 Å². The lowest BCUT2D eigenvalue weighted by molar-refractivity contribution is -0.121.